The first-order valence-electron chi connectivity index (χ1n) is 6.10. The van der Waals surface area contributed by atoms with Crippen molar-refractivity contribution in [2.24, 2.45) is 0 Å². The Morgan fingerprint density at radius 1 is 1.35 bits per heavy atom. The van der Waals surface area contributed by atoms with E-state index in [0.29, 0.717) is 0 Å². The van der Waals surface area contributed by atoms with Gasteiger partial charge in [0.05, 0.1) is 18.9 Å². The van der Waals surface area contributed by atoms with Crippen LogP contribution in [0.4, 0.5) is 11.4 Å². The summed E-state index contributed by atoms with van der Waals surface area (Å²) in [7, 11) is 1.66. The molecule has 0 aliphatic carbocycles. The van der Waals surface area contributed by atoms with Crippen molar-refractivity contribution in [3.63, 3.8) is 0 Å². The molecule has 94 valence electrons. The third kappa shape index (κ3) is 2.70. The van der Waals surface area contributed by atoms with E-state index in [0.717, 1.165) is 38.4 Å². The van der Waals surface area contributed by atoms with E-state index in [2.05, 4.69) is 24.0 Å². The number of aryl methyl sites for hydroxylation is 1. The van der Waals surface area contributed by atoms with Crippen molar-refractivity contribution in [1.29, 1.82) is 0 Å². The van der Waals surface area contributed by atoms with Gasteiger partial charge in [0, 0.05) is 25.8 Å². The fraction of sp³-hybridized carbons (Fsp3) is 0.538. The van der Waals surface area contributed by atoms with Gasteiger partial charge in [0.1, 0.15) is 0 Å². The molecule has 4 nitrogen and oxygen atoms in total. The molecule has 0 aromatic heterocycles. The number of anilines is 2. The number of ether oxygens (including phenoxy) is 1. The third-order valence-electron chi connectivity index (χ3n) is 3.17. The molecule has 1 aliphatic rings. The molecule has 1 fully saturated rings. The smallest absolute Gasteiger partial charge is 0.0664 e. The molecule has 2 rings (SSSR count). The van der Waals surface area contributed by atoms with Gasteiger partial charge in [-0.05, 0) is 30.2 Å². The van der Waals surface area contributed by atoms with Gasteiger partial charge in [-0.1, -0.05) is 6.92 Å². The highest BCUT2D eigenvalue weighted by molar-refractivity contribution is 5.60. The molecular formula is C13H20N2O2. The van der Waals surface area contributed by atoms with Crippen LogP contribution in [0.3, 0.4) is 0 Å². The minimum Gasteiger partial charge on any atom is -0.378 e. The second-order valence-corrected chi connectivity index (χ2v) is 4.29. The van der Waals surface area contributed by atoms with Crippen molar-refractivity contribution in [3.8, 4) is 0 Å². The van der Waals surface area contributed by atoms with Gasteiger partial charge in [-0.15, -0.1) is 0 Å². The van der Waals surface area contributed by atoms with Crippen LogP contribution in [-0.4, -0.2) is 38.6 Å². The average molecular weight is 236 g/mol. The van der Waals surface area contributed by atoms with Crippen molar-refractivity contribution in [2.75, 3.05) is 43.3 Å². The summed E-state index contributed by atoms with van der Waals surface area (Å²) in [6.45, 7) is 5.58. The van der Waals surface area contributed by atoms with E-state index < -0.39 is 0 Å². The van der Waals surface area contributed by atoms with Crippen molar-refractivity contribution in [2.45, 2.75) is 13.3 Å². The van der Waals surface area contributed by atoms with Gasteiger partial charge in [-0.3, -0.25) is 10.3 Å². The molecule has 0 spiro atoms. The maximum Gasteiger partial charge on any atom is 0.0664 e. The molecule has 1 saturated heterocycles. The average Bonchev–Trinajstić information content (AvgIpc) is 2.39. The lowest BCUT2D eigenvalue weighted by molar-refractivity contribution is 0.122. The molecule has 1 N–H and O–H groups in total. The monoisotopic (exact) mass is 236 g/mol. The summed E-state index contributed by atoms with van der Waals surface area (Å²) in [5, 5.41) is 10.7. The van der Waals surface area contributed by atoms with E-state index in [1.165, 1.54) is 16.3 Å². The van der Waals surface area contributed by atoms with Crippen LogP contribution in [-0.2, 0) is 11.2 Å². The predicted octanol–water partition coefficient (Wildman–Crippen LogP) is 1.91. The molecule has 1 aromatic rings. The lowest BCUT2D eigenvalue weighted by Crippen LogP contribution is -2.36. The van der Waals surface area contributed by atoms with Crippen LogP contribution in [0.25, 0.3) is 0 Å². The zero-order valence-electron chi connectivity index (χ0n) is 10.5. The Bertz CT molecular complexity index is 374. The maximum absolute atomic E-state index is 9.54. The van der Waals surface area contributed by atoms with E-state index in [1.807, 2.05) is 6.07 Å². The zero-order valence-corrected chi connectivity index (χ0v) is 10.5. The highest BCUT2D eigenvalue weighted by Crippen LogP contribution is 2.26. The SMILES string of the molecule is CCc1cc(N2CCOCC2)ccc1N(C)O. The van der Waals surface area contributed by atoms with E-state index in [1.54, 1.807) is 7.05 Å². The maximum atomic E-state index is 9.54. The number of hydroxylamine groups is 1. The van der Waals surface area contributed by atoms with Gasteiger partial charge in [-0.2, -0.15) is 0 Å². The number of hydrogen-bond acceptors (Lipinski definition) is 4. The molecule has 0 radical (unpaired) electrons. The molecule has 0 bridgehead atoms. The Morgan fingerprint density at radius 2 is 2.06 bits per heavy atom. The number of morpholine rings is 1. The van der Waals surface area contributed by atoms with Crippen molar-refractivity contribution < 1.29 is 9.94 Å². The highest BCUT2D eigenvalue weighted by atomic mass is 16.5. The Kier molecular flexibility index (Phi) is 3.86. The van der Waals surface area contributed by atoms with Crippen LogP contribution in [0, 0.1) is 0 Å². The first-order valence-corrected chi connectivity index (χ1v) is 6.10. The summed E-state index contributed by atoms with van der Waals surface area (Å²) in [6.07, 6.45) is 0.915. The Balaban J connectivity index is 2.24. The van der Waals surface area contributed by atoms with Crippen molar-refractivity contribution in [1.82, 2.24) is 0 Å². The second-order valence-electron chi connectivity index (χ2n) is 4.29. The fourth-order valence-electron chi connectivity index (χ4n) is 2.19. The standard InChI is InChI=1S/C13H20N2O2/c1-3-11-10-12(4-5-13(11)14(2)16)15-6-8-17-9-7-15/h4-5,10,16H,3,6-9H2,1-2H3. The van der Waals surface area contributed by atoms with E-state index in [9.17, 15) is 5.21 Å². The lowest BCUT2D eigenvalue weighted by atomic mass is 10.1. The zero-order chi connectivity index (χ0) is 12.3. The van der Waals surface area contributed by atoms with Crippen LogP contribution in [0.15, 0.2) is 18.2 Å². The summed E-state index contributed by atoms with van der Waals surface area (Å²) in [5.41, 5.74) is 3.26. The summed E-state index contributed by atoms with van der Waals surface area (Å²) in [4.78, 5) is 2.32. The minimum absolute atomic E-state index is 0.795. The molecule has 4 heteroatoms. The van der Waals surface area contributed by atoms with E-state index in [4.69, 9.17) is 4.74 Å². The summed E-state index contributed by atoms with van der Waals surface area (Å²) in [5.74, 6) is 0. The lowest BCUT2D eigenvalue weighted by Gasteiger charge is -2.29. The fourth-order valence-corrected chi connectivity index (χ4v) is 2.19. The molecule has 0 saturated carbocycles. The first-order chi connectivity index (χ1) is 8.22. The van der Waals surface area contributed by atoms with Crippen LogP contribution >= 0.6 is 0 Å². The van der Waals surface area contributed by atoms with Gasteiger partial charge < -0.3 is 9.64 Å². The van der Waals surface area contributed by atoms with Crippen LogP contribution in [0.1, 0.15) is 12.5 Å². The Labute approximate surface area is 102 Å². The molecule has 0 amide bonds. The molecular weight excluding hydrogens is 216 g/mol. The largest absolute Gasteiger partial charge is 0.378 e. The minimum atomic E-state index is 0.795. The van der Waals surface area contributed by atoms with Crippen LogP contribution in [0.2, 0.25) is 0 Å². The summed E-state index contributed by atoms with van der Waals surface area (Å²) >= 11 is 0. The third-order valence-corrected chi connectivity index (χ3v) is 3.17. The number of benzene rings is 1. The number of rotatable bonds is 3. The Morgan fingerprint density at radius 3 is 2.65 bits per heavy atom. The van der Waals surface area contributed by atoms with Crippen LogP contribution in [0.5, 0.6) is 0 Å². The number of nitrogens with zero attached hydrogens (tertiary/aromatic N) is 2. The Hall–Kier alpha value is -1.26. The van der Waals surface area contributed by atoms with Gasteiger partial charge in [-0.25, -0.2) is 0 Å². The topological polar surface area (TPSA) is 35.9 Å². The molecule has 1 heterocycles. The van der Waals surface area contributed by atoms with Gasteiger partial charge in [0.25, 0.3) is 0 Å². The van der Waals surface area contributed by atoms with Crippen molar-refractivity contribution >= 4 is 11.4 Å². The normalized spacial score (nSPS) is 16.1. The first kappa shape index (κ1) is 12.2. The predicted molar refractivity (Wildman–Crippen MR) is 69.0 cm³/mol. The van der Waals surface area contributed by atoms with Gasteiger partial charge in [0.15, 0.2) is 0 Å². The van der Waals surface area contributed by atoms with Crippen molar-refractivity contribution in [3.05, 3.63) is 23.8 Å². The summed E-state index contributed by atoms with van der Waals surface area (Å²) in [6, 6.07) is 6.20. The summed E-state index contributed by atoms with van der Waals surface area (Å²) < 4.78 is 5.35. The van der Waals surface area contributed by atoms with Gasteiger partial charge >= 0.3 is 0 Å². The molecule has 0 unspecified atom stereocenters. The molecule has 17 heavy (non-hydrogen) atoms. The molecule has 1 aliphatic heterocycles. The second kappa shape index (κ2) is 5.38. The van der Waals surface area contributed by atoms with Crippen LogP contribution < -0.4 is 9.96 Å². The highest BCUT2D eigenvalue weighted by Gasteiger charge is 2.13. The van der Waals surface area contributed by atoms with E-state index in [-0.39, 0.29) is 0 Å². The van der Waals surface area contributed by atoms with Gasteiger partial charge in [0.2, 0.25) is 0 Å². The molecule has 1 aromatic carbocycles. The number of hydrogen-bond donors (Lipinski definition) is 1. The van der Waals surface area contributed by atoms with E-state index >= 15 is 0 Å². The molecule has 0 atom stereocenters. The quantitative estimate of drug-likeness (QED) is 0.813.